The molecule has 8 nitrogen and oxygen atoms in total. The van der Waals surface area contributed by atoms with Crippen LogP contribution in [0.4, 0.5) is 0 Å². The van der Waals surface area contributed by atoms with Crippen molar-refractivity contribution in [3.8, 4) is 6.07 Å². The topological polar surface area (TPSA) is 101 Å². The number of carbonyl (C=O) groups is 1. The largest absolute Gasteiger partial charge is 0.384 e. The highest BCUT2D eigenvalue weighted by Gasteiger charge is 2.24. The summed E-state index contributed by atoms with van der Waals surface area (Å²) >= 11 is 0. The zero-order chi connectivity index (χ0) is 20.1. The Balaban J connectivity index is 2.23. The lowest BCUT2D eigenvalue weighted by molar-refractivity contribution is -0.129. The molecule has 0 bridgehead atoms. The van der Waals surface area contributed by atoms with E-state index in [1.807, 2.05) is 12.1 Å². The predicted octanol–water partition coefficient (Wildman–Crippen LogP) is 0.940. The van der Waals surface area contributed by atoms with Crippen LogP contribution in [0, 0.1) is 11.3 Å². The van der Waals surface area contributed by atoms with E-state index in [4.69, 9.17) is 11.0 Å². The molecule has 0 saturated heterocycles. The molecule has 2 rings (SSSR count). The SMILES string of the molecule is C=C(/N=C\C1=C(N)N(C)CC(=O)N1C)N(C)/C(=N\C)c1ccc(C#N)cc1. The molecule has 0 aromatic heterocycles. The van der Waals surface area contributed by atoms with Crippen LogP contribution in [0.3, 0.4) is 0 Å². The number of aliphatic imine (C=N–C) groups is 2. The highest BCUT2D eigenvalue weighted by Crippen LogP contribution is 2.15. The van der Waals surface area contributed by atoms with Crippen LogP contribution >= 0.6 is 0 Å². The van der Waals surface area contributed by atoms with Crippen molar-refractivity contribution in [3.05, 3.63) is 59.3 Å². The molecule has 140 valence electrons. The maximum atomic E-state index is 12.0. The number of amides is 1. The molecule has 0 aliphatic carbocycles. The van der Waals surface area contributed by atoms with Gasteiger partial charge >= 0.3 is 0 Å². The van der Waals surface area contributed by atoms with E-state index in [-0.39, 0.29) is 12.5 Å². The molecule has 27 heavy (non-hydrogen) atoms. The normalized spacial score (nSPS) is 15.4. The van der Waals surface area contributed by atoms with Crippen LogP contribution < -0.4 is 5.73 Å². The smallest absolute Gasteiger partial charge is 0.246 e. The fraction of sp³-hybridized carbons (Fsp3) is 0.263. The van der Waals surface area contributed by atoms with Crippen molar-refractivity contribution < 1.29 is 4.79 Å². The van der Waals surface area contributed by atoms with E-state index in [2.05, 4.69) is 22.6 Å². The zero-order valence-electron chi connectivity index (χ0n) is 16.0. The molecule has 0 radical (unpaired) electrons. The molecule has 0 spiro atoms. The first kappa shape index (κ1) is 19.7. The minimum atomic E-state index is -0.0690. The minimum absolute atomic E-state index is 0.0690. The lowest BCUT2D eigenvalue weighted by atomic mass is 10.1. The Hall–Kier alpha value is -3.60. The summed E-state index contributed by atoms with van der Waals surface area (Å²) in [6.45, 7) is 4.20. The van der Waals surface area contributed by atoms with E-state index < -0.39 is 0 Å². The molecule has 2 N–H and O–H groups in total. The van der Waals surface area contributed by atoms with Crippen molar-refractivity contribution in [1.82, 2.24) is 14.7 Å². The van der Waals surface area contributed by atoms with E-state index in [1.165, 1.54) is 11.1 Å². The number of rotatable bonds is 4. The van der Waals surface area contributed by atoms with Gasteiger partial charge in [0.25, 0.3) is 0 Å². The maximum Gasteiger partial charge on any atom is 0.246 e. The van der Waals surface area contributed by atoms with E-state index in [0.29, 0.717) is 28.7 Å². The van der Waals surface area contributed by atoms with Gasteiger partial charge in [-0.25, -0.2) is 4.99 Å². The van der Waals surface area contributed by atoms with Gasteiger partial charge in [0.1, 0.15) is 23.2 Å². The first-order valence-corrected chi connectivity index (χ1v) is 8.21. The minimum Gasteiger partial charge on any atom is -0.384 e. The lowest BCUT2D eigenvalue weighted by Crippen LogP contribution is -2.45. The summed E-state index contributed by atoms with van der Waals surface area (Å²) in [6.07, 6.45) is 1.52. The number of nitriles is 1. The Kier molecular flexibility index (Phi) is 5.98. The van der Waals surface area contributed by atoms with Gasteiger partial charge in [0.15, 0.2) is 0 Å². The molecule has 1 aliphatic heterocycles. The van der Waals surface area contributed by atoms with E-state index in [1.54, 1.807) is 50.1 Å². The highest BCUT2D eigenvalue weighted by atomic mass is 16.2. The number of hydrogen-bond acceptors (Lipinski definition) is 6. The summed E-state index contributed by atoms with van der Waals surface area (Å²) in [5.41, 5.74) is 7.99. The van der Waals surface area contributed by atoms with Crippen LogP contribution in [0.5, 0.6) is 0 Å². The number of nitrogens with zero attached hydrogens (tertiary/aromatic N) is 6. The first-order valence-electron chi connectivity index (χ1n) is 8.21. The highest BCUT2D eigenvalue weighted by molar-refractivity contribution is 6.00. The number of allylic oxidation sites excluding steroid dienone is 1. The van der Waals surface area contributed by atoms with Crippen LogP contribution in [-0.4, -0.2) is 67.4 Å². The van der Waals surface area contributed by atoms with Gasteiger partial charge in [-0.05, 0) is 24.3 Å². The molecule has 0 saturated carbocycles. The molecule has 0 atom stereocenters. The molecule has 1 heterocycles. The van der Waals surface area contributed by atoms with E-state index in [9.17, 15) is 4.79 Å². The molecule has 1 aliphatic rings. The Morgan fingerprint density at radius 1 is 1.37 bits per heavy atom. The van der Waals surface area contributed by atoms with Crippen molar-refractivity contribution in [3.63, 3.8) is 0 Å². The number of hydrogen-bond donors (Lipinski definition) is 1. The fourth-order valence-corrected chi connectivity index (χ4v) is 2.56. The van der Waals surface area contributed by atoms with Crippen LogP contribution in [-0.2, 0) is 4.79 Å². The van der Waals surface area contributed by atoms with Crippen molar-refractivity contribution in [2.45, 2.75) is 0 Å². The van der Waals surface area contributed by atoms with Gasteiger partial charge in [0.2, 0.25) is 5.91 Å². The number of benzene rings is 1. The van der Waals surface area contributed by atoms with Crippen LogP contribution in [0.2, 0.25) is 0 Å². The van der Waals surface area contributed by atoms with Gasteiger partial charge in [-0.15, -0.1) is 0 Å². The number of amidine groups is 1. The molecule has 8 heteroatoms. The Morgan fingerprint density at radius 2 is 2.00 bits per heavy atom. The van der Waals surface area contributed by atoms with Crippen LogP contribution in [0.25, 0.3) is 0 Å². The van der Waals surface area contributed by atoms with Gasteiger partial charge in [-0.2, -0.15) is 5.26 Å². The van der Waals surface area contributed by atoms with Gasteiger partial charge < -0.3 is 20.4 Å². The molecular formula is C19H23N7O. The average Bonchev–Trinajstić information content (AvgIpc) is 2.67. The second-order valence-electron chi connectivity index (χ2n) is 6.05. The second-order valence-corrected chi connectivity index (χ2v) is 6.05. The van der Waals surface area contributed by atoms with Gasteiger partial charge in [0.05, 0.1) is 24.4 Å². The van der Waals surface area contributed by atoms with Gasteiger partial charge in [0, 0.05) is 33.8 Å². The van der Waals surface area contributed by atoms with Gasteiger partial charge in [-0.1, -0.05) is 6.58 Å². The monoisotopic (exact) mass is 365 g/mol. The van der Waals surface area contributed by atoms with Crippen LogP contribution in [0.1, 0.15) is 11.1 Å². The molecular weight excluding hydrogens is 342 g/mol. The molecule has 0 fully saturated rings. The standard InChI is InChI=1S/C19H23N7O/c1-13(23-11-16-18(21)24(3)12-17(27)26(16)5)25(4)19(22-2)15-8-6-14(10-20)7-9-15/h6-9,11H,1,12,21H2,2-5H3/b22-19-,23-11-. The van der Waals surface area contributed by atoms with Crippen molar-refractivity contribution >= 4 is 18.0 Å². The van der Waals surface area contributed by atoms with Crippen molar-refractivity contribution in [2.24, 2.45) is 15.7 Å². The number of nitrogens with two attached hydrogens (primary N) is 1. The van der Waals surface area contributed by atoms with Crippen molar-refractivity contribution in [1.29, 1.82) is 5.26 Å². The summed E-state index contributed by atoms with van der Waals surface area (Å²) in [7, 11) is 6.87. The third-order valence-electron chi connectivity index (χ3n) is 4.31. The third-order valence-corrected chi connectivity index (χ3v) is 4.31. The first-order chi connectivity index (χ1) is 12.8. The average molecular weight is 365 g/mol. The predicted molar refractivity (Wildman–Crippen MR) is 106 cm³/mol. The van der Waals surface area contributed by atoms with E-state index in [0.717, 1.165) is 5.56 Å². The zero-order valence-corrected chi connectivity index (χ0v) is 16.0. The van der Waals surface area contributed by atoms with Crippen LogP contribution in [0.15, 0.2) is 58.2 Å². The summed E-state index contributed by atoms with van der Waals surface area (Å²) in [5.74, 6) is 1.47. The third kappa shape index (κ3) is 4.15. The molecule has 1 aromatic rings. The Labute approximate surface area is 159 Å². The number of likely N-dealkylation sites (N-methyl/N-ethyl adjacent to an activating group) is 2. The maximum absolute atomic E-state index is 12.0. The summed E-state index contributed by atoms with van der Waals surface area (Å²) < 4.78 is 0. The summed E-state index contributed by atoms with van der Waals surface area (Å²) in [5, 5.41) is 8.93. The molecule has 1 amide bonds. The van der Waals surface area contributed by atoms with Gasteiger partial charge in [-0.3, -0.25) is 9.79 Å². The van der Waals surface area contributed by atoms with Crippen molar-refractivity contribution in [2.75, 3.05) is 34.7 Å². The summed E-state index contributed by atoms with van der Waals surface area (Å²) in [4.78, 5) is 25.5. The number of carbonyl (C=O) groups excluding carboxylic acids is 1. The second kappa shape index (κ2) is 8.19. The molecule has 1 aromatic carbocycles. The fourth-order valence-electron chi connectivity index (χ4n) is 2.56. The van der Waals surface area contributed by atoms with E-state index >= 15 is 0 Å². The Morgan fingerprint density at radius 3 is 2.56 bits per heavy atom. The lowest BCUT2D eigenvalue weighted by Gasteiger charge is -2.32. The Bertz CT molecular complexity index is 874. The summed E-state index contributed by atoms with van der Waals surface area (Å²) in [6, 6.07) is 9.17. The molecule has 0 unspecified atom stereocenters. The quantitative estimate of drug-likeness (QED) is 0.632.